The molecule has 2 rings (SSSR count). The van der Waals surface area contributed by atoms with Crippen molar-refractivity contribution in [1.29, 1.82) is 0 Å². The Labute approximate surface area is 60.0 Å². The lowest BCUT2D eigenvalue weighted by Crippen LogP contribution is -2.49. The summed E-state index contributed by atoms with van der Waals surface area (Å²) in [6.07, 6.45) is 3.54. The van der Waals surface area contributed by atoms with Crippen molar-refractivity contribution in [3.05, 3.63) is 0 Å². The van der Waals surface area contributed by atoms with Crippen LogP contribution in [0.3, 0.4) is 0 Å². The molecule has 4 unspecified atom stereocenters. The molecule has 2 fully saturated rings. The summed E-state index contributed by atoms with van der Waals surface area (Å²) in [5.74, 6) is 1.22. The maximum absolute atomic E-state index is 9.25. The summed E-state index contributed by atoms with van der Waals surface area (Å²) in [5, 5.41) is 9.34. The first-order valence-electron chi connectivity index (χ1n) is 3.63. The van der Waals surface area contributed by atoms with E-state index in [0.29, 0.717) is 11.8 Å². The average Bonchev–Trinajstić information content (AvgIpc) is 2.30. The molecule has 0 amide bonds. The molecule has 1 nitrogen and oxygen atoms in total. The van der Waals surface area contributed by atoms with Crippen molar-refractivity contribution in [1.82, 2.24) is 0 Å². The van der Waals surface area contributed by atoms with Gasteiger partial charge in [-0.1, -0.05) is 6.42 Å². The molecule has 0 aromatic carbocycles. The first-order valence-corrected chi connectivity index (χ1v) is 4.06. The fourth-order valence-electron chi connectivity index (χ4n) is 2.18. The van der Waals surface area contributed by atoms with Crippen molar-refractivity contribution >= 4 is 11.6 Å². The Morgan fingerprint density at radius 2 is 1.89 bits per heavy atom. The number of rotatable bonds is 0. The minimum Gasteiger partial charge on any atom is -0.391 e. The summed E-state index contributed by atoms with van der Waals surface area (Å²) in [6.45, 7) is 0. The molecule has 0 saturated heterocycles. The maximum Gasteiger partial charge on any atom is 0.0737 e. The smallest absolute Gasteiger partial charge is 0.0737 e. The van der Waals surface area contributed by atoms with Crippen molar-refractivity contribution < 1.29 is 5.11 Å². The molecule has 1 N–H and O–H groups in total. The second-order valence-electron chi connectivity index (χ2n) is 3.19. The molecule has 0 spiro atoms. The van der Waals surface area contributed by atoms with Crippen molar-refractivity contribution in [2.75, 3.05) is 0 Å². The van der Waals surface area contributed by atoms with Crippen LogP contribution in [0, 0.1) is 11.8 Å². The normalized spacial score (nSPS) is 56.7. The second-order valence-corrected chi connectivity index (χ2v) is 3.70. The van der Waals surface area contributed by atoms with E-state index in [1.807, 2.05) is 0 Å². The molecule has 0 aliphatic heterocycles. The summed E-state index contributed by atoms with van der Waals surface area (Å²) in [5.41, 5.74) is 0. The lowest BCUT2D eigenvalue weighted by Gasteiger charge is -2.41. The minimum atomic E-state index is -0.181. The summed E-state index contributed by atoms with van der Waals surface area (Å²) < 4.78 is 0. The van der Waals surface area contributed by atoms with Crippen LogP contribution in [-0.4, -0.2) is 16.6 Å². The summed E-state index contributed by atoms with van der Waals surface area (Å²) in [6, 6.07) is 0. The molecule has 0 bridgehead atoms. The summed E-state index contributed by atoms with van der Waals surface area (Å²) >= 11 is 5.85. The van der Waals surface area contributed by atoms with Crippen molar-refractivity contribution in [2.45, 2.75) is 30.7 Å². The second kappa shape index (κ2) is 1.86. The average molecular weight is 147 g/mol. The SMILES string of the molecule is OC1C(Cl)C2CCCC12. The first-order chi connectivity index (χ1) is 4.30. The van der Waals surface area contributed by atoms with Gasteiger partial charge in [-0.2, -0.15) is 0 Å². The number of halogens is 1. The largest absolute Gasteiger partial charge is 0.391 e. The van der Waals surface area contributed by atoms with Crippen LogP contribution in [0.25, 0.3) is 0 Å². The molecule has 0 aromatic heterocycles. The Morgan fingerprint density at radius 1 is 1.22 bits per heavy atom. The zero-order valence-electron chi connectivity index (χ0n) is 5.26. The monoisotopic (exact) mass is 146 g/mol. The van der Waals surface area contributed by atoms with E-state index in [1.165, 1.54) is 19.3 Å². The molecule has 2 heteroatoms. The van der Waals surface area contributed by atoms with E-state index in [1.54, 1.807) is 0 Å². The molecule has 52 valence electrons. The lowest BCUT2D eigenvalue weighted by molar-refractivity contribution is -0.00836. The fraction of sp³-hybridized carbons (Fsp3) is 1.00. The van der Waals surface area contributed by atoms with Gasteiger partial charge in [0.2, 0.25) is 0 Å². The first kappa shape index (κ1) is 5.99. The van der Waals surface area contributed by atoms with Crippen LogP contribution in [0.5, 0.6) is 0 Å². The zero-order valence-corrected chi connectivity index (χ0v) is 6.01. The highest BCUT2D eigenvalue weighted by atomic mass is 35.5. The van der Waals surface area contributed by atoms with Gasteiger partial charge in [-0.25, -0.2) is 0 Å². The van der Waals surface area contributed by atoms with Crippen molar-refractivity contribution in [3.8, 4) is 0 Å². The minimum absolute atomic E-state index is 0.0810. The Balaban J connectivity index is 2.06. The standard InChI is InChI=1S/C7H11ClO/c8-6-4-2-1-3-5(4)7(6)9/h4-7,9H,1-3H2. The number of aliphatic hydroxyl groups is 1. The molecular formula is C7H11ClO. The highest BCUT2D eigenvalue weighted by Crippen LogP contribution is 2.49. The summed E-state index contributed by atoms with van der Waals surface area (Å²) in [4.78, 5) is 0. The molecular weight excluding hydrogens is 136 g/mol. The van der Waals surface area contributed by atoms with E-state index in [4.69, 9.17) is 11.6 Å². The molecule has 0 heterocycles. The predicted molar refractivity (Wildman–Crippen MR) is 36.5 cm³/mol. The van der Waals surface area contributed by atoms with Gasteiger partial charge in [-0.3, -0.25) is 0 Å². The number of alkyl halides is 1. The summed E-state index contributed by atoms with van der Waals surface area (Å²) in [7, 11) is 0. The molecule has 2 aliphatic carbocycles. The van der Waals surface area contributed by atoms with Gasteiger partial charge in [0, 0.05) is 0 Å². The van der Waals surface area contributed by atoms with Crippen LogP contribution in [0.15, 0.2) is 0 Å². The number of aliphatic hydroxyl groups excluding tert-OH is 1. The number of hydrogen-bond donors (Lipinski definition) is 1. The van der Waals surface area contributed by atoms with Gasteiger partial charge in [0.05, 0.1) is 11.5 Å². The van der Waals surface area contributed by atoms with Crippen LogP contribution in [0.1, 0.15) is 19.3 Å². The van der Waals surface area contributed by atoms with Gasteiger partial charge in [-0.05, 0) is 24.7 Å². The van der Waals surface area contributed by atoms with Crippen LogP contribution < -0.4 is 0 Å². The van der Waals surface area contributed by atoms with Crippen LogP contribution in [0.2, 0.25) is 0 Å². The van der Waals surface area contributed by atoms with Crippen LogP contribution in [0.4, 0.5) is 0 Å². The highest BCUT2D eigenvalue weighted by molar-refractivity contribution is 6.21. The molecule has 2 saturated carbocycles. The third kappa shape index (κ3) is 0.651. The van der Waals surface area contributed by atoms with Crippen LogP contribution in [-0.2, 0) is 0 Å². The Morgan fingerprint density at radius 3 is 2.56 bits per heavy atom. The van der Waals surface area contributed by atoms with Crippen molar-refractivity contribution in [3.63, 3.8) is 0 Å². The van der Waals surface area contributed by atoms with E-state index in [0.717, 1.165) is 0 Å². The van der Waals surface area contributed by atoms with Gasteiger partial charge in [0.25, 0.3) is 0 Å². The van der Waals surface area contributed by atoms with Gasteiger partial charge in [0.1, 0.15) is 0 Å². The van der Waals surface area contributed by atoms with Gasteiger partial charge >= 0.3 is 0 Å². The Hall–Kier alpha value is 0.250. The molecule has 0 radical (unpaired) electrons. The number of fused-ring (bicyclic) bond motifs is 1. The topological polar surface area (TPSA) is 20.2 Å². The maximum atomic E-state index is 9.25. The quantitative estimate of drug-likeness (QED) is 0.512. The Bertz CT molecular complexity index is 112. The van der Waals surface area contributed by atoms with E-state index < -0.39 is 0 Å². The van der Waals surface area contributed by atoms with Gasteiger partial charge in [-0.15, -0.1) is 11.6 Å². The van der Waals surface area contributed by atoms with E-state index in [-0.39, 0.29) is 11.5 Å². The van der Waals surface area contributed by atoms with Crippen molar-refractivity contribution in [2.24, 2.45) is 11.8 Å². The third-order valence-corrected chi connectivity index (χ3v) is 3.38. The van der Waals surface area contributed by atoms with Gasteiger partial charge in [0.15, 0.2) is 0 Å². The zero-order chi connectivity index (χ0) is 6.43. The fourth-order valence-corrected chi connectivity index (χ4v) is 2.68. The molecule has 2 aliphatic rings. The van der Waals surface area contributed by atoms with Crippen LogP contribution >= 0.6 is 11.6 Å². The predicted octanol–water partition coefficient (Wildman–Crippen LogP) is 1.38. The highest BCUT2D eigenvalue weighted by Gasteiger charge is 2.50. The lowest BCUT2D eigenvalue weighted by atomic mass is 9.73. The van der Waals surface area contributed by atoms with E-state index in [9.17, 15) is 5.11 Å². The van der Waals surface area contributed by atoms with Gasteiger partial charge < -0.3 is 5.11 Å². The number of hydrogen-bond acceptors (Lipinski definition) is 1. The van der Waals surface area contributed by atoms with E-state index in [2.05, 4.69) is 0 Å². The Kier molecular flexibility index (Phi) is 1.24. The van der Waals surface area contributed by atoms with E-state index >= 15 is 0 Å². The molecule has 9 heavy (non-hydrogen) atoms. The molecule has 0 aromatic rings. The molecule has 4 atom stereocenters. The third-order valence-electron chi connectivity index (χ3n) is 2.80.